The number of likely N-dealkylation sites (N-methyl/N-ethyl adjacent to an activating group) is 1. The highest BCUT2D eigenvalue weighted by molar-refractivity contribution is 5.93. The molecule has 1 atom stereocenters. The van der Waals surface area contributed by atoms with Crippen LogP contribution >= 0.6 is 0 Å². The quantitative estimate of drug-likeness (QED) is 0.0642. The highest BCUT2D eigenvalue weighted by Crippen LogP contribution is 2.42. The van der Waals surface area contributed by atoms with Gasteiger partial charge in [-0.05, 0) is 56.5 Å². The van der Waals surface area contributed by atoms with Crippen LogP contribution in [-0.2, 0) is 46.0 Å². The minimum atomic E-state index is -1.89. The van der Waals surface area contributed by atoms with Gasteiger partial charge in [0, 0.05) is 61.2 Å². The normalized spacial score (nSPS) is 19.0. The number of rotatable bonds is 13. The Morgan fingerprint density at radius 3 is 2.62 bits per heavy atom. The van der Waals surface area contributed by atoms with Crippen molar-refractivity contribution >= 4 is 22.8 Å². The molecule has 3 N–H and O–H groups in total. The van der Waals surface area contributed by atoms with Crippen molar-refractivity contribution in [1.82, 2.24) is 24.8 Å². The molecule has 2 aromatic heterocycles. The van der Waals surface area contributed by atoms with Gasteiger partial charge in [0.1, 0.15) is 12.4 Å². The number of fused-ring (bicyclic) bond motifs is 5. The van der Waals surface area contributed by atoms with Gasteiger partial charge >= 0.3 is 5.97 Å². The van der Waals surface area contributed by atoms with Crippen LogP contribution in [0, 0.1) is 0 Å². The molecule has 1 saturated heterocycles. The number of pyridine rings is 2. The summed E-state index contributed by atoms with van der Waals surface area (Å²) in [6.45, 7) is 10.8. The summed E-state index contributed by atoms with van der Waals surface area (Å²) in [7, 11) is 2.13. The number of amides is 1. The lowest BCUT2D eigenvalue weighted by atomic mass is 9.86. The highest BCUT2D eigenvalue weighted by atomic mass is 16.6. The molecule has 1 aromatic carbocycles. The molecule has 6 rings (SSSR count). The number of unbranched alkanes of at least 4 members (excludes halogenated alkanes) is 3. The van der Waals surface area contributed by atoms with Crippen LogP contribution in [0.1, 0.15) is 73.3 Å². The van der Waals surface area contributed by atoms with Crippen LogP contribution in [0.3, 0.4) is 0 Å². The van der Waals surface area contributed by atoms with Gasteiger partial charge in [-0.15, -0.1) is 6.58 Å². The molecular formula is C36H45N5O7. The number of ether oxygens (including phenoxy) is 2. The average Bonchev–Trinajstić information content (AvgIpc) is 3.46. The van der Waals surface area contributed by atoms with Gasteiger partial charge in [0.25, 0.3) is 5.56 Å². The van der Waals surface area contributed by atoms with Crippen molar-refractivity contribution in [3.63, 3.8) is 0 Å². The second-order valence-corrected chi connectivity index (χ2v) is 13.1. The molecule has 1 fully saturated rings. The predicted octanol–water partition coefficient (Wildman–Crippen LogP) is 3.39. The Labute approximate surface area is 279 Å². The number of piperazine rings is 1. The standard InChI is InChI=1S/C36H45N5O7/c1-4-10-23-30(47-18-9-7-6-8-11-31(42)38-46)13-12-28-32(23)24(20-40-16-14-39(3)15-17-40)25-21-41-29(33(25)37-28)19-27-26(34(41)43)22-48-35(44)36(27,45)5-2/h4,12-13,19,45-46H,1,5-11,14-18,20-22H2,2-3H3,(H,38,42)/t36-/m0/s1. The van der Waals surface area contributed by atoms with E-state index in [0.29, 0.717) is 61.5 Å². The van der Waals surface area contributed by atoms with E-state index in [1.807, 2.05) is 18.2 Å². The van der Waals surface area contributed by atoms with E-state index in [9.17, 15) is 19.5 Å². The van der Waals surface area contributed by atoms with Crippen molar-refractivity contribution in [2.75, 3.05) is 39.8 Å². The first kappa shape index (κ1) is 33.8. The molecule has 0 spiro atoms. The predicted molar refractivity (Wildman–Crippen MR) is 180 cm³/mol. The number of hydroxylamine groups is 1. The molecule has 5 heterocycles. The van der Waals surface area contributed by atoms with E-state index in [1.165, 1.54) is 0 Å². The summed E-state index contributed by atoms with van der Waals surface area (Å²) in [5.41, 5.74) is 5.26. The lowest BCUT2D eigenvalue weighted by Gasteiger charge is -2.33. The van der Waals surface area contributed by atoms with Gasteiger partial charge in [0.05, 0.1) is 35.6 Å². The summed E-state index contributed by atoms with van der Waals surface area (Å²) in [4.78, 5) is 47.8. The van der Waals surface area contributed by atoms with Gasteiger partial charge in [-0.2, -0.15) is 0 Å². The minimum Gasteiger partial charge on any atom is -0.493 e. The maximum Gasteiger partial charge on any atom is 0.343 e. The molecule has 3 aliphatic heterocycles. The fraction of sp³-hybridized carbons (Fsp3) is 0.500. The number of carbonyl (C=O) groups is 2. The Morgan fingerprint density at radius 2 is 1.90 bits per heavy atom. The first-order chi connectivity index (χ1) is 23.2. The van der Waals surface area contributed by atoms with Gasteiger partial charge < -0.3 is 24.0 Å². The molecule has 3 aromatic rings. The number of allylic oxidation sites excluding steroid dienone is 1. The Balaban J connectivity index is 1.40. The number of aromatic nitrogens is 2. The third-order valence-electron chi connectivity index (χ3n) is 10.0. The van der Waals surface area contributed by atoms with E-state index in [1.54, 1.807) is 23.0 Å². The van der Waals surface area contributed by atoms with Crippen LogP contribution in [0.15, 0.2) is 35.6 Å². The number of hydrogen-bond acceptors (Lipinski definition) is 10. The molecule has 12 nitrogen and oxygen atoms in total. The largest absolute Gasteiger partial charge is 0.493 e. The lowest BCUT2D eigenvalue weighted by molar-refractivity contribution is -0.172. The topological polar surface area (TPSA) is 146 Å². The van der Waals surface area contributed by atoms with Gasteiger partial charge in [-0.3, -0.25) is 19.7 Å². The van der Waals surface area contributed by atoms with Crippen LogP contribution in [0.25, 0.3) is 22.3 Å². The molecule has 0 unspecified atom stereocenters. The van der Waals surface area contributed by atoms with Gasteiger partial charge in [-0.1, -0.05) is 25.8 Å². The van der Waals surface area contributed by atoms with Gasteiger partial charge in [0.15, 0.2) is 5.60 Å². The van der Waals surface area contributed by atoms with Gasteiger partial charge in [0.2, 0.25) is 5.91 Å². The summed E-state index contributed by atoms with van der Waals surface area (Å²) in [5, 5.41) is 21.0. The van der Waals surface area contributed by atoms with Crippen molar-refractivity contribution in [2.24, 2.45) is 0 Å². The van der Waals surface area contributed by atoms with Crippen LogP contribution < -0.4 is 15.8 Å². The first-order valence-electron chi connectivity index (χ1n) is 16.9. The first-order valence-corrected chi connectivity index (χ1v) is 16.9. The molecule has 3 aliphatic rings. The SMILES string of the molecule is C=CCc1c(OCCCCCCC(=O)NO)ccc2nc3c(c(CN4CCN(C)CC4)c12)Cn1c-3cc2c(c1=O)COC(=O)[C@]2(O)CC. The summed E-state index contributed by atoms with van der Waals surface area (Å²) in [6, 6.07) is 5.69. The molecular weight excluding hydrogens is 614 g/mol. The third-order valence-corrected chi connectivity index (χ3v) is 10.0. The second-order valence-electron chi connectivity index (χ2n) is 13.1. The summed E-state index contributed by atoms with van der Waals surface area (Å²) >= 11 is 0. The molecule has 0 aliphatic carbocycles. The fourth-order valence-corrected chi connectivity index (χ4v) is 7.19. The van der Waals surface area contributed by atoms with Crippen molar-refractivity contribution in [1.29, 1.82) is 0 Å². The Kier molecular flexibility index (Phi) is 9.98. The van der Waals surface area contributed by atoms with E-state index in [-0.39, 0.29) is 24.5 Å². The number of nitrogens with zero attached hydrogens (tertiary/aromatic N) is 4. The molecule has 0 bridgehead atoms. The number of hydrogen-bond donors (Lipinski definition) is 3. The maximum atomic E-state index is 14.0. The fourth-order valence-electron chi connectivity index (χ4n) is 7.19. The smallest absolute Gasteiger partial charge is 0.343 e. The maximum absolute atomic E-state index is 14.0. The van der Waals surface area contributed by atoms with Crippen LogP contribution in [0.5, 0.6) is 5.75 Å². The number of esters is 1. The number of cyclic esters (lactones) is 1. The minimum absolute atomic E-state index is 0.0863. The molecule has 0 radical (unpaired) electrons. The van der Waals surface area contributed by atoms with E-state index in [4.69, 9.17) is 19.7 Å². The van der Waals surface area contributed by atoms with E-state index < -0.39 is 11.6 Å². The second kappa shape index (κ2) is 14.2. The van der Waals surface area contributed by atoms with E-state index >= 15 is 0 Å². The van der Waals surface area contributed by atoms with Crippen LogP contribution in [0.4, 0.5) is 0 Å². The summed E-state index contributed by atoms with van der Waals surface area (Å²) < 4.78 is 13.4. The van der Waals surface area contributed by atoms with Crippen molar-refractivity contribution in [3.05, 3.63) is 69.0 Å². The zero-order valence-electron chi connectivity index (χ0n) is 27.8. The average molecular weight is 660 g/mol. The number of benzene rings is 1. The molecule has 0 saturated carbocycles. The zero-order chi connectivity index (χ0) is 34.0. The summed E-state index contributed by atoms with van der Waals surface area (Å²) in [6.07, 6.45) is 6.10. The van der Waals surface area contributed by atoms with Gasteiger partial charge in [-0.25, -0.2) is 15.3 Å². The number of carbonyl (C=O) groups excluding carboxylic acids is 2. The molecule has 1 amide bonds. The summed E-state index contributed by atoms with van der Waals surface area (Å²) in [5.74, 6) is -0.337. The van der Waals surface area contributed by atoms with Crippen LogP contribution in [0.2, 0.25) is 0 Å². The zero-order valence-corrected chi connectivity index (χ0v) is 27.8. The monoisotopic (exact) mass is 659 g/mol. The molecule has 256 valence electrons. The Bertz CT molecular complexity index is 1800. The van der Waals surface area contributed by atoms with Crippen LogP contribution in [-0.4, -0.2) is 81.4 Å². The van der Waals surface area contributed by atoms with Crippen molar-refractivity contribution < 1.29 is 29.4 Å². The molecule has 12 heteroatoms. The van der Waals surface area contributed by atoms with Crippen molar-refractivity contribution in [2.45, 2.75) is 77.2 Å². The number of aliphatic hydroxyl groups is 1. The number of nitrogens with one attached hydrogen (secondary N) is 1. The third kappa shape index (κ3) is 6.25. The lowest BCUT2D eigenvalue weighted by Crippen LogP contribution is -2.44. The highest BCUT2D eigenvalue weighted by Gasteiger charge is 2.45. The van der Waals surface area contributed by atoms with Crippen molar-refractivity contribution in [3.8, 4) is 17.1 Å². The Hall–Kier alpha value is -4.10. The van der Waals surface area contributed by atoms with E-state index in [2.05, 4.69) is 23.4 Å². The Morgan fingerprint density at radius 1 is 1.12 bits per heavy atom. The molecule has 48 heavy (non-hydrogen) atoms. The van der Waals surface area contributed by atoms with E-state index in [0.717, 1.165) is 78.8 Å².